The average molecular weight is 508 g/mol. The van der Waals surface area contributed by atoms with Crippen molar-refractivity contribution < 1.29 is 31.5 Å². The minimum atomic E-state index is -4.69. The molecule has 0 radical (unpaired) electrons. The van der Waals surface area contributed by atoms with Crippen LogP contribution in [0.5, 0.6) is 0 Å². The van der Waals surface area contributed by atoms with Gasteiger partial charge in [0.15, 0.2) is 0 Å². The van der Waals surface area contributed by atoms with Gasteiger partial charge in [-0.15, -0.1) is 0 Å². The molecule has 0 saturated heterocycles. The fraction of sp³-hybridized carbons (Fsp3) is 0.217. The van der Waals surface area contributed by atoms with Gasteiger partial charge in [-0.25, -0.2) is 13.8 Å². The van der Waals surface area contributed by atoms with Crippen LogP contribution in [0.1, 0.15) is 28.4 Å². The lowest BCUT2D eigenvalue weighted by Gasteiger charge is -2.15. The molecular formula is C23H21F5N6O2. The summed E-state index contributed by atoms with van der Waals surface area (Å²) in [5.41, 5.74) is -0.185. The first-order valence-corrected chi connectivity index (χ1v) is 10.5. The van der Waals surface area contributed by atoms with Crippen LogP contribution in [-0.4, -0.2) is 34.9 Å². The third-order valence-electron chi connectivity index (χ3n) is 4.66. The fourth-order valence-corrected chi connectivity index (χ4v) is 3.04. The van der Waals surface area contributed by atoms with Crippen LogP contribution in [0.4, 0.5) is 39.4 Å². The molecule has 1 aromatic heterocycles. The number of carbonyl (C=O) groups is 2. The van der Waals surface area contributed by atoms with Crippen LogP contribution >= 0.6 is 0 Å². The Morgan fingerprint density at radius 3 is 2.22 bits per heavy atom. The second-order valence-electron chi connectivity index (χ2n) is 7.53. The van der Waals surface area contributed by atoms with Crippen molar-refractivity contribution in [1.29, 1.82) is 0 Å². The highest BCUT2D eigenvalue weighted by Gasteiger charge is 2.35. The molecule has 0 aliphatic carbocycles. The number of hydrogen-bond acceptors (Lipinski definition) is 6. The maximum Gasteiger partial charge on any atom is 0.421 e. The number of nitrogens with one attached hydrogen (secondary N) is 4. The van der Waals surface area contributed by atoms with Gasteiger partial charge >= 0.3 is 6.18 Å². The van der Waals surface area contributed by atoms with Gasteiger partial charge in [0, 0.05) is 50.1 Å². The zero-order chi connectivity index (χ0) is 26.3. The molecule has 4 N–H and O–H groups in total. The van der Waals surface area contributed by atoms with E-state index in [1.807, 2.05) is 0 Å². The van der Waals surface area contributed by atoms with Gasteiger partial charge < -0.3 is 21.3 Å². The van der Waals surface area contributed by atoms with E-state index in [-0.39, 0.29) is 42.6 Å². The Bertz CT molecular complexity index is 1210. The standard InChI is InChI=1S/C23H21F5N6O2/c1-13(35)29-6-7-30-20-19(23(26,27)28)12-32-22(34-20)33-18-4-2-15(3-5-18)21(36)31-11-14-8-16(24)10-17(25)9-14/h2-5,8-10,12H,6-7,11H2,1H3,(H,29,35)(H,31,36)(H2,30,32,33,34). The fourth-order valence-electron chi connectivity index (χ4n) is 3.04. The minimum absolute atomic E-state index is 0.00514. The molecule has 0 unspecified atom stereocenters. The van der Waals surface area contributed by atoms with Gasteiger partial charge in [0.25, 0.3) is 5.91 Å². The van der Waals surface area contributed by atoms with Crippen molar-refractivity contribution in [2.24, 2.45) is 0 Å². The SMILES string of the molecule is CC(=O)NCCNc1nc(Nc2ccc(C(=O)NCc3cc(F)cc(F)c3)cc2)ncc1C(F)(F)F. The Morgan fingerprint density at radius 1 is 0.944 bits per heavy atom. The molecule has 36 heavy (non-hydrogen) atoms. The van der Waals surface area contributed by atoms with E-state index < -0.39 is 35.1 Å². The Balaban J connectivity index is 1.65. The van der Waals surface area contributed by atoms with E-state index in [0.717, 1.165) is 18.2 Å². The van der Waals surface area contributed by atoms with Crippen LogP contribution in [0.3, 0.4) is 0 Å². The zero-order valence-electron chi connectivity index (χ0n) is 18.8. The molecule has 3 rings (SSSR count). The van der Waals surface area contributed by atoms with Crippen LogP contribution < -0.4 is 21.3 Å². The second-order valence-corrected chi connectivity index (χ2v) is 7.53. The van der Waals surface area contributed by atoms with Crippen molar-refractivity contribution in [1.82, 2.24) is 20.6 Å². The van der Waals surface area contributed by atoms with Crippen LogP contribution in [0, 0.1) is 11.6 Å². The average Bonchev–Trinajstić information content (AvgIpc) is 2.79. The molecule has 0 atom stereocenters. The zero-order valence-corrected chi connectivity index (χ0v) is 18.8. The van der Waals surface area contributed by atoms with Crippen molar-refractivity contribution in [3.63, 3.8) is 0 Å². The lowest BCUT2D eigenvalue weighted by molar-refractivity contribution is -0.137. The van der Waals surface area contributed by atoms with Gasteiger partial charge in [0.05, 0.1) is 0 Å². The van der Waals surface area contributed by atoms with Crippen LogP contribution in [0.25, 0.3) is 0 Å². The first-order valence-electron chi connectivity index (χ1n) is 10.5. The quantitative estimate of drug-likeness (QED) is 0.257. The van der Waals surface area contributed by atoms with Gasteiger partial charge in [-0.1, -0.05) is 0 Å². The molecule has 2 aromatic carbocycles. The van der Waals surface area contributed by atoms with Crippen LogP contribution in [-0.2, 0) is 17.5 Å². The van der Waals surface area contributed by atoms with Gasteiger partial charge in [-0.3, -0.25) is 9.59 Å². The molecule has 0 fully saturated rings. The molecule has 13 heteroatoms. The second kappa shape index (κ2) is 11.4. The van der Waals surface area contributed by atoms with E-state index in [2.05, 4.69) is 31.2 Å². The highest BCUT2D eigenvalue weighted by atomic mass is 19.4. The molecule has 2 amide bonds. The summed E-state index contributed by atoms with van der Waals surface area (Å²) in [4.78, 5) is 30.8. The summed E-state index contributed by atoms with van der Waals surface area (Å²) < 4.78 is 66.4. The third-order valence-corrected chi connectivity index (χ3v) is 4.66. The van der Waals surface area contributed by atoms with Crippen molar-refractivity contribution in [3.05, 3.63) is 77.0 Å². The first kappa shape index (κ1) is 26.3. The molecule has 8 nitrogen and oxygen atoms in total. The predicted molar refractivity (Wildman–Crippen MR) is 121 cm³/mol. The largest absolute Gasteiger partial charge is 0.421 e. The number of carbonyl (C=O) groups excluding carboxylic acids is 2. The number of benzene rings is 2. The normalized spacial score (nSPS) is 11.1. The third kappa shape index (κ3) is 7.61. The maximum atomic E-state index is 13.3. The van der Waals surface area contributed by atoms with Crippen molar-refractivity contribution >= 4 is 29.3 Å². The van der Waals surface area contributed by atoms with Crippen molar-refractivity contribution in [3.8, 4) is 0 Å². The lowest BCUT2D eigenvalue weighted by Crippen LogP contribution is -2.27. The number of amides is 2. The molecule has 0 spiro atoms. The summed E-state index contributed by atoms with van der Waals surface area (Å²) in [6, 6.07) is 8.79. The lowest BCUT2D eigenvalue weighted by atomic mass is 10.1. The van der Waals surface area contributed by atoms with Gasteiger partial charge in [0.1, 0.15) is 23.0 Å². The smallest absolute Gasteiger partial charge is 0.368 e. The summed E-state index contributed by atoms with van der Waals surface area (Å²) in [5, 5.41) is 10.3. The Labute approximate surface area is 202 Å². The number of halogens is 5. The highest BCUT2D eigenvalue weighted by molar-refractivity contribution is 5.94. The van der Waals surface area contributed by atoms with Gasteiger partial charge in [-0.2, -0.15) is 18.2 Å². The van der Waals surface area contributed by atoms with E-state index in [1.165, 1.54) is 31.2 Å². The van der Waals surface area contributed by atoms with E-state index in [0.29, 0.717) is 11.9 Å². The Morgan fingerprint density at radius 2 is 1.61 bits per heavy atom. The van der Waals surface area contributed by atoms with E-state index in [4.69, 9.17) is 0 Å². The number of anilines is 3. The topological polar surface area (TPSA) is 108 Å². The molecule has 0 bridgehead atoms. The van der Waals surface area contributed by atoms with Gasteiger partial charge in [-0.05, 0) is 42.0 Å². The van der Waals surface area contributed by atoms with Crippen LogP contribution in [0.15, 0.2) is 48.7 Å². The van der Waals surface area contributed by atoms with E-state index in [1.54, 1.807) is 0 Å². The summed E-state index contributed by atoms with van der Waals surface area (Å²) in [6.07, 6.45) is -4.06. The molecule has 190 valence electrons. The summed E-state index contributed by atoms with van der Waals surface area (Å²) in [7, 11) is 0. The highest BCUT2D eigenvalue weighted by Crippen LogP contribution is 2.34. The summed E-state index contributed by atoms with van der Waals surface area (Å²) in [5.74, 6) is -2.93. The minimum Gasteiger partial charge on any atom is -0.368 e. The Kier molecular flexibility index (Phi) is 8.35. The summed E-state index contributed by atoms with van der Waals surface area (Å²) in [6.45, 7) is 1.29. The number of aromatic nitrogens is 2. The number of nitrogens with zero attached hydrogens (tertiary/aromatic N) is 2. The number of hydrogen-bond donors (Lipinski definition) is 4. The maximum absolute atomic E-state index is 13.3. The molecular weight excluding hydrogens is 487 g/mol. The van der Waals surface area contributed by atoms with Crippen molar-refractivity contribution in [2.75, 3.05) is 23.7 Å². The van der Waals surface area contributed by atoms with Crippen LogP contribution in [0.2, 0.25) is 0 Å². The van der Waals surface area contributed by atoms with Crippen molar-refractivity contribution in [2.45, 2.75) is 19.6 Å². The van der Waals surface area contributed by atoms with E-state index >= 15 is 0 Å². The summed E-state index contributed by atoms with van der Waals surface area (Å²) >= 11 is 0. The van der Waals surface area contributed by atoms with Gasteiger partial charge in [0.2, 0.25) is 11.9 Å². The molecule has 0 saturated carbocycles. The molecule has 3 aromatic rings. The monoisotopic (exact) mass is 508 g/mol. The number of rotatable bonds is 9. The predicted octanol–water partition coefficient (Wildman–Crippen LogP) is 4.00. The molecule has 1 heterocycles. The number of alkyl halides is 3. The molecule has 0 aliphatic rings. The first-order chi connectivity index (χ1) is 17.0. The van der Waals surface area contributed by atoms with E-state index in [9.17, 15) is 31.5 Å². The Hall–Kier alpha value is -4.29. The molecule has 0 aliphatic heterocycles.